The molecule has 0 spiro atoms. The molecule has 0 unspecified atom stereocenters. The van der Waals surface area contributed by atoms with E-state index >= 15 is 0 Å². The molecule has 5 atom stereocenters. The molecular weight excluding hydrogens is 340 g/mol. The standard InChI is InChI=1S/C15H16O9.H2O/c16-5-10-12(19)13(20)14(21)15(24-10)23-9-3-6-1-2-11(18)22-8(6)4-7(9)17;/h1-4,10,12-17,19-21H,5H2;1H2/t10-,12-,13+,14-,15-;/m1./s1. The third-order valence-electron chi connectivity index (χ3n) is 3.79. The second-order valence-corrected chi connectivity index (χ2v) is 5.43. The summed E-state index contributed by atoms with van der Waals surface area (Å²) in [7, 11) is 0. The Morgan fingerprint density at radius 3 is 2.48 bits per heavy atom. The van der Waals surface area contributed by atoms with E-state index in [0.29, 0.717) is 5.39 Å². The first-order valence-electron chi connectivity index (χ1n) is 7.15. The summed E-state index contributed by atoms with van der Waals surface area (Å²) in [5, 5.41) is 49.0. The molecule has 25 heavy (non-hydrogen) atoms. The number of hydrogen-bond acceptors (Lipinski definition) is 9. The van der Waals surface area contributed by atoms with Gasteiger partial charge in [0.1, 0.15) is 30.0 Å². The minimum atomic E-state index is -1.60. The highest BCUT2D eigenvalue weighted by atomic mass is 16.7. The van der Waals surface area contributed by atoms with Gasteiger partial charge in [-0.05, 0) is 12.1 Å². The van der Waals surface area contributed by atoms with Crippen molar-refractivity contribution in [2.75, 3.05) is 6.61 Å². The smallest absolute Gasteiger partial charge is 0.336 e. The van der Waals surface area contributed by atoms with E-state index in [2.05, 4.69) is 0 Å². The van der Waals surface area contributed by atoms with Crippen LogP contribution < -0.4 is 10.4 Å². The molecule has 2 heterocycles. The maximum atomic E-state index is 11.2. The lowest BCUT2D eigenvalue weighted by Crippen LogP contribution is -2.60. The first kappa shape index (κ1) is 19.1. The fourth-order valence-electron chi connectivity index (χ4n) is 2.47. The Hall–Kier alpha value is -2.21. The summed E-state index contributed by atoms with van der Waals surface area (Å²) in [6.07, 6.45) is -7.27. The normalized spacial score (nSPS) is 29.2. The monoisotopic (exact) mass is 358 g/mol. The van der Waals surface area contributed by atoms with Crippen molar-refractivity contribution < 1.29 is 44.9 Å². The van der Waals surface area contributed by atoms with Crippen LogP contribution in [0.3, 0.4) is 0 Å². The van der Waals surface area contributed by atoms with Crippen molar-refractivity contribution >= 4 is 11.0 Å². The molecule has 1 aromatic heterocycles. The van der Waals surface area contributed by atoms with Gasteiger partial charge in [-0.25, -0.2) is 4.79 Å². The average Bonchev–Trinajstić information content (AvgIpc) is 2.56. The molecule has 7 N–H and O–H groups in total. The summed E-state index contributed by atoms with van der Waals surface area (Å²) in [4.78, 5) is 11.2. The number of ether oxygens (including phenoxy) is 2. The van der Waals surface area contributed by atoms with Crippen molar-refractivity contribution in [2.24, 2.45) is 0 Å². The van der Waals surface area contributed by atoms with Crippen molar-refractivity contribution in [1.29, 1.82) is 0 Å². The fraction of sp³-hybridized carbons (Fsp3) is 0.400. The van der Waals surface area contributed by atoms with Gasteiger partial charge in [-0.1, -0.05) is 0 Å². The topological polar surface area (TPSA) is 181 Å². The van der Waals surface area contributed by atoms with Crippen molar-refractivity contribution in [1.82, 2.24) is 0 Å². The fourth-order valence-corrected chi connectivity index (χ4v) is 2.47. The molecule has 10 heteroatoms. The number of rotatable bonds is 3. The lowest BCUT2D eigenvalue weighted by Gasteiger charge is -2.39. The minimum absolute atomic E-state index is 0. The van der Waals surface area contributed by atoms with Crippen LogP contribution in [0.25, 0.3) is 11.0 Å². The number of benzene rings is 1. The predicted octanol–water partition coefficient (Wildman–Crippen LogP) is -2.15. The molecule has 1 fully saturated rings. The van der Waals surface area contributed by atoms with Crippen LogP contribution in [0.1, 0.15) is 0 Å². The first-order chi connectivity index (χ1) is 11.4. The number of phenolic OH excluding ortho intramolecular Hbond substituents is 1. The highest BCUT2D eigenvalue weighted by Crippen LogP contribution is 2.33. The maximum Gasteiger partial charge on any atom is 0.336 e. The van der Waals surface area contributed by atoms with Gasteiger partial charge in [0, 0.05) is 17.5 Å². The number of fused-ring (bicyclic) bond motifs is 1. The highest BCUT2D eigenvalue weighted by Gasteiger charge is 2.44. The van der Waals surface area contributed by atoms with Crippen LogP contribution in [0.5, 0.6) is 11.5 Å². The van der Waals surface area contributed by atoms with Crippen LogP contribution in [0.2, 0.25) is 0 Å². The van der Waals surface area contributed by atoms with Gasteiger partial charge in [-0.3, -0.25) is 0 Å². The Bertz CT molecular complexity index is 785. The largest absolute Gasteiger partial charge is 0.504 e. The molecule has 0 aliphatic carbocycles. The van der Waals surface area contributed by atoms with Gasteiger partial charge in [0.25, 0.3) is 0 Å². The summed E-state index contributed by atoms with van der Waals surface area (Å²) in [5.41, 5.74) is -0.439. The lowest BCUT2D eigenvalue weighted by atomic mass is 9.99. The Balaban J connectivity index is 0.00000225. The average molecular weight is 358 g/mol. The van der Waals surface area contributed by atoms with Crippen LogP contribution in [0, 0.1) is 0 Å². The molecular formula is C15H18O10. The third kappa shape index (κ3) is 3.58. The van der Waals surface area contributed by atoms with Gasteiger partial charge in [0.15, 0.2) is 11.5 Å². The number of aromatic hydroxyl groups is 1. The van der Waals surface area contributed by atoms with Crippen molar-refractivity contribution in [3.05, 3.63) is 34.7 Å². The molecule has 1 aromatic carbocycles. The maximum absolute atomic E-state index is 11.2. The molecule has 0 saturated carbocycles. The molecule has 1 saturated heterocycles. The van der Waals surface area contributed by atoms with Crippen molar-refractivity contribution in [3.63, 3.8) is 0 Å². The van der Waals surface area contributed by atoms with Gasteiger partial charge < -0.3 is 44.9 Å². The molecule has 1 aliphatic rings. The number of aliphatic hydroxyl groups is 4. The van der Waals surface area contributed by atoms with Crippen LogP contribution in [0.15, 0.2) is 33.5 Å². The molecule has 10 nitrogen and oxygen atoms in total. The molecule has 0 bridgehead atoms. The second kappa shape index (κ2) is 7.35. The summed E-state index contributed by atoms with van der Waals surface area (Å²) < 4.78 is 15.5. The SMILES string of the molecule is O.O=c1ccc2cc(O[C@@H]3O[C@H](CO)[C@@H](O)[C@H](O)[C@H]3O)c(O)cc2o1. The zero-order valence-electron chi connectivity index (χ0n) is 12.8. The summed E-state index contributed by atoms with van der Waals surface area (Å²) in [6, 6.07) is 5.17. The Morgan fingerprint density at radius 1 is 1.08 bits per heavy atom. The Labute approximate surface area is 140 Å². The Kier molecular flexibility index (Phi) is 5.62. The second-order valence-electron chi connectivity index (χ2n) is 5.43. The Morgan fingerprint density at radius 2 is 1.80 bits per heavy atom. The highest BCUT2D eigenvalue weighted by molar-refractivity contribution is 5.80. The van der Waals surface area contributed by atoms with E-state index in [-0.39, 0.29) is 22.6 Å². The van der Waals surface area contributed by atoms with E-state index in [9.17, 15) is 25.2 Å². The molecule has 0 radical (unpaired) electrons. The minimum Gasteiger partial charge on any atom is -0.504 e. The lowest BCUT2D eigenvalue weighted by molar-refractivity contribution is -0.277. The zero-order chi connectivity index (χ0) is 17.4. The van der Waals surface area contributed by atoms with Crippen molar-refractivity contribution in [3.8, 4) is 11.5 Å². The van der Waals surface area contributed by atoms with E-state index in [1.807, 2.05) is 0 Å². The van der Waals surface area contributed by atoms with E-state index in [0.717, 1.165) is 6.07 Å². The molecule has 138 valence electrons. The van der Waals surface area contributed by atoms with Gasteiger partial charge >= 0.3 is 5.63 Å². The van der Waals surface area contributed by atoms with Gasteiger partial charge in [-0.2, -0.15) is 0 Å². The van der Waals surface area contributed by atoms with Crippen LogP contribution in [0.4, 0.5) is 0 Å². The van der Waals surface area contributed by atoms with E-state index < -0.39 is 42.9 Å². The number of aliphatic hydroxyl groups excluding tert-OH is 4. The molecule has 0 amide bonds. The van der Waals surface area contributed by atoms with Crippen LogP contribution in [-0.2, 0) is 4.74 Å². The van der Waals surface area contributed by atoms with E-state index in [4.69, 9.17) is 19.0 Å². The van der Waals surface area contributed by atoms with Gasteiger partial charge in [-0.15, -0.1) is 0 Å². The summed E-state index contributed by atoms with van der Waals surface area (Å²) in [5.74, 6) is -0.477. The van der Waals surface area contributed by atoms with Crippen LogP contribution >= 0.6 is 0 Å². The zero-order valence-corrected chi connectivity index (χ0v) is 12.8. The number of phenols is 1. The predicted molar refractivity (Wildman–Crippen MR) is 82.2 cm³/mol. The summed E-state index contributed by atoms with van der Waals surface area (Å²) >= 11 is 0. The van der Waals surface area contributed by atoms with Gasteiger partial charge in [0.05, 0.1) is 6.61 Å². The first-order valence-corrected chi connectivity index (χ1v) is 7.15. The van der Waals surface area contributed by atoms with E-state index in [1.54, 1.807) is 0 Å². The van der Waals surface area contributed by atoms with E-state index in [1.165, 1.54) is 18.2 Å². The van der Waals surface area contributed by atoms with Crippen LogP contribution in [-0.4, -0.2) is 68.3 Å². The molecule has 3 rings (SSSR count). The quantitative estimate of drug-likeness (QED) is 0.382. The van der Waals surface area contributed by atoms with Crippen molar-refractivity contribution in [2.45, 2.75) is 30.7 Å². The van der Waals surface area contributed by atoms with Gasteiger partial charge in [0.2, 0.25) is 6.29 Å². The summed E-state index contributed by atoms with van der Waals surface area (Å²) in [6.45, 7) is -0.598. The number of hydrogen-bond donors (Lipinski definition) is 5. The molecule has 2 aromatic rings. The molecule has 1 aliphatic heterocycles. The third-order valence-corrected chi connectivity index (χ3v) is 3.79.